The van der Waals surface area contributed by atoms with Crippen molar-refractivity contribution < 1.29 is 13.2 Å². The fraction of sp³-hybridized carbons (Fsp3) is 0.333. The van der Waals surface area contributed by atoms with Gasteiger partial charge in [-0.05, 0) is 29.7 Å². The van der Waals surface area contributed by atoms with E-state index in [-0.39, 0.29) is 18.2 Å². The third kappa shape index (κ3) is 5.62. The number of nitrogens with one attached hydrogen (secondary N) is 1. The highest BCUT2D eigenvalue weighted by Gasteiger charge is 2.27. The molecule has 0 saturated carbocycles. The predicted molar refractivity (Wildman–Crippen MR) is 108 cm³/mol. The molecular weight excluding hydrogens is 384 g/mol. The lowest BCUT2D eigenvalue weighted by Gasteiger charge is -2.34. The topological polar surface area (TPSA) is 82.6 Å². The van der Waals surface area contributed by atoms with Crippen LogP contribution in [0, 0.1) is 0 Å². The molecule has 27 heavy (non-hydrogen) atoms. The monoisotopic (exact) mass is 406 g/mol. The molecule has 1 aliphatic rings. The molecule has 2 aromatic rings. The summed E-state index contributed by atoms with van der Waals surface area (Å²) in [4.78, 5) is 19.1. The number of aromatic nitrogens is 1. The van der Waals surface area contributed by atoms with Gasteiger partial charge in [-0.2, -0.15) is 4.31 Å². The van der Waals surface area contributed by atoms with Crippen LogP contribution in [0.15, 0.2) is 48.0 Å². The summed E-state index contributed by atoms with van der Waals surface area (Å²) in [5, 5.41) is 4.56. The third-order valence-corrected chi connectivity index (χ3v) is 6.92. The molecule has 0 aromatic carbocycles. The fourth-order valence-corrected chi connectivity index (χ4v) is 4.73. The maximum Gasteiger partial charge on any atom is 0.244 e. The zero-order valence-electron chi connectivity index (χ0n) is 14.8. The van der Waals surface area contributed by atoms with Gasteiger partial charge in [0.1, 0.15) is 5.82 Å². The maximum atomic E-state index is 12.5. The van der Waals surface area contributed by atoms with Crippen LogP contribution < -0.4 is 10.2 Å². The minimum absolute atomic E-state index is 0.0937. The Morgan fingerprint density at radius 2 is 2.00 bits per heavy atom. The number of piperazine rings is 1. The van der Waals surface area contributed by atoms with Gasteiger partial charge in [-0.25, -0.2) is 13.4 Å². The number of carbonyl (C=O) groups excluding carboxylic acids is 1. The van der Waals surface area contributed by atoms with E-state index in [4.69, 9.17) is 0 Å². The number of rotatable bonds is 7. The summed E-state index contributed by atoms with van der Waals surface area (Å²) in [6.07, 6.45) is 4.86. The Hall–Kier alpha value is -2.23. The summed E-state index contributed by atoms with van der Waals surface area (Å²) in [5.41, 5.74) is 0. The smallest absolute Gasteiger partial charge is 0.244 e. The standard InChI is InChI=1S/C18H22N4O3S2/c23-18(7-6-16-4-3-14-26-16)20-9-15-27(24,25)22-12-10-21(11-13-22)17-5-1-2-8-19-17/h1-8,14H,9-13,15H2,(H,20,23)/b7-6+. The average molecular weight is 407 g/mol. The lowest BCUT2D eigenvalue weighted by atomic mass is 10.3. The van der Waals surface area contributed by atoms with E-state index >= 15 is 0 Å². The molecule has 1 N–H and O–H groups in total. The first kappa shape index (κ1) is 19.5. The number of thiophene rings is 1. The Morgan fingerprint density at radius 1 is 1.19 bits per heavy atom. The molecule has 0 bridgehead atoms. The molecule has 0 radical (unpaired) electrons. The van der Waals surface area contributed by atoms with Crippen molar-refractivity contribution in [2.75, 3.05) is 43.4 Å². The van der Waals surface area contributed by atoms with Gasteiger partial charge >= 0.3 is 0 Å². The van der Waals surface area contributed by atoms with Gasteiger partial charge in [-0.15, -0.1) is 11.3 Å². The van der Waals surface area contributed by atoms with Gasteiger partial charge in [0, 0.05) is 49.9 Å². The third-order valence-electron chi connectivity index (χ3n) is 4.21. The molecule has 1 aliphatic heterocycles. The summed E-state index contributed by atoms with van der Waals surface area (Å²) < 4.78 is 26.4. The van der Waals surface area contributed by atoms with Gasteiger partial charge in [0.05, 0.1) is 5.75 Å². The first-order valence-electron chi connectivity index (χ1n) is 8.68. The van der Waals surface area contributed by atoms with E-state index in [1.807, 2.05) is 35.7 Å². The fourth-order valence-electron chi connectivity index (χ4n) is 2.77. The molecule has 0 atom stereocenters. The molecule has 7 nitrogen and oxygen atoms in total. The number of hydrogen-bond donors (Lipinski definition) is 1. The van der Waals surface area contributed by atoms with Crippen molar-refractivity contribution >= 4 is 39.2 Å². The van der Waals surface area contributed by atoms with Gasteiger partial charge in [0.25, 0.3) is 0 Å². The van der Waals surface area contributed by atoms with Gasteiger partial charge in [0.15, 0.2) is 0 Å². The number of nitrogens with zero attached hydrogens (tertiary/aromatic N) is 3. The second kappa shape index (κ2) is 9.12. The van der Waals surface area contributed by atoms with E-state index in [2.05, 4.69) is 15.2 Å². The van der Waals surface area contributed by atoms with E-state index in [1.54, 1.807) is 12.3 Å². The molecule has 1 saturated heterocycles. The van der Waals surface area contributed by atoms with Crippen LogP contribution in [0.2, 0.25) is 0 Å². The number of carbonyl (C=O) groups is 1. The summed E-state index contributed by atoms with van der Waals surface area (Å²) in [6.45, 7) is 2.14. The van der Waals surface area contributed by atoms with Gasteiger partial charge < -0.3 is 10.2 Å². The molecule has 144 valence electrons. The lowest BCUT2D eigenvalue weighted by molar-refractivity contribution is -0.116. The van der Waals surface area contributed by atoms with Gasteiger partial charge in [0.2, 0.25) is 15.9 Å². The van der Waals surface area contributed by atoms with Crippen LogP contribution in [-0.2, 0) is 14.8 Å². The highest BCUT2D eigenvalue weighted by molar-refractivity contribution is 7.89. The quantitative estimate of drug-likeness (QED) is 0.704. The summed E-state index contributed by atoms with van der Waals surface area (Å²) in [5.74, 6) is 0.465. The number of anilines is 1. The highest BCUT2D eigenvalue weighted by atomic mass is 32.2. The summed E-state index contributed by atoms with van der Waals surface area (Å²) in [7, 11) is -3.39. The van der Waals surface area contributed by atoms with Crippen molar-refractivity contribution in [2.45, 2.75) is 0 Å². The van der Waals surface area contributed by atoms with E-state index < -0.39 is 10.0 Å². The number of pyridine rings is 1. The van der Waals surface area contributed by atoms with Crippen molar-refractivity contribution in [2.24, 2.45) is 0 Å². The molecular formula is C18H22N4O3S2. The summed E-state index contributed by atoms with van der Waals surface area (Å²) in [6, 6.07) is 9.50. The molecule has 3 rings (SSSR count). The second-order valence-corrected chi connectivity index (χ2v) is 9.10. The maximum absolute atomic E-state index is 12.5. The zero-order valence-corrected chi connectivity index (χ0v) is 16.5. The van der Waals surface area contributed by atoms with Crippen molar-refractivity contribution in [3.05, 3.63) is 52.9 Å². The molecule has 1 amide bonds. The second-order valence-electron chi connectivity index (χ2n) is 6.03. The minimum Gasteiger partial charge on any atom is -0.354 e. The number of sulfonamides is 1. The normalized spacial score (nSPS) is 15.9. The first-order valence-corrected chi connectivity index (χ1v) is 11.2. The van der Waals surface area contributed by atoms with Crippen molar-refractivity contribution in [3.8, 4) is 0 Å². The van der Waals surface area contributed by atoms with E-state index in [0.29, 0.717) is 26.2 Å². The van der Waals surface area contributed by atoms with Crippen molar-refractivity contribution in [1.82, 2.24) is 14.6 Å². The average Bonchev–Trinajstić information content (AvgIpc) is 3.21. The Bertz CT molecular complexity index is 859. The van der Waals surface area contributed by atoms with Gasteiger partial charge in [-0.1, -0.05) is 12.1 Å². The molecule has 9 heteroatoms. The Morgan fingerprint density at radius 3 is 2.67 bits per heavy atom. The Labute approximate surface area is 163 Å². The molecule has 3 heterocycles. The van der Waals surface area contributed by atoms with E-state index in [0.717, 1.165) is 10.7 Å². The Balaban J connectivity index is 1.43. The molecule has 1 fully saturated rings. The largest absolute Gasteiger partial charge is 0.354 e. The lowest BCUT2D eigenvalue weighted by Crippen LogP contribution is -2.50. The molecule has 0 unspecified atom stereocenters. The molecule has 2 aromatic heterocycles. The number of amides is 1. The highest BCUT2D eigenvalue weighted by Crippen LogP contribution is 2.14. The van der Waals surface area contributed by atoms with Crippen molar-refractivity contribution in [1.29, 1.82) is 0 Å². The Kier molecular flexibility index (Phi) is 6.59. The zero-order chi connectivity index (χ0) is 19.1. The predicted octanol–water partition coefficient (Wildman–Crippen LogP) is 1.42. The SMILES string of the molecule is O=C(/C=C/c1cccs1)NCCS(=O)(=O)N1CCN(c2ccccn2)CC1. The summed E-state index contributed by atoms with van der Waals surface area (Å²) >= 11 is 1.53. The van der Waals surface area contributed by atoms with Crippen LogP contribution in [0.5, 0.6) is 0 Å². The van der Waals surface area contributed by atoms with E-state index in [9.17, 15) is 13.2 Å². The van der Waals surface area contributed by atoms with Crippen molar-refractivity contribution in [3.63, 3.8) is 0 Å². The van der Waals surface area contributed by atoms with Crippen LogP contribution in [0.25, 0.3) is 6.08 Å². The van der Waals surface area contributed by atoms with E-state index in [1.165, 1.54) is 21.7 Å². The minimum atomic E-state index is -3.39. The van der Waals surface area contributed by atoms with Crippen LogP contribution >= 0.6 is 11.3 Å². The van der Waals surface area contributed by atoms with Crippen LogP contribution in [0.1, 0.15) is 4.88 Å². The van der Waals surface area contributed by atoms with Crippen LogP contribution in [0.4, 0.5) is 5.82 Å². The molecule has 0 spiro atoms. The number of hydrogen-bond acceptors (Lipinski definition) is 6. The van der Waals surface area contributed by atoms with Crippen LogP contribution in [0.3, 0.4) is 0 Å². The van der Waals surface area contributed by atoms with Crippen LogP contribution in [-0.4, -0.2) is 62.1 Å². The van der Waals surface area contributed by atoms with Gasteiger partial charge in [-0.3, -0.25) is 4.79 Å². The molecule has 0 aliphatic carbocycles. The first-order chi connectivity index (χ1) is 13.0.